The van der Waals surface area contributed by atoms with E-state index in [4.69, 9.17) is 4.74 Å². The van der Waals surface area contributed by atoms with Crippen molar-refractivity contribution in [3.05, 3.63) is 131 Å². The van der Waals surface area contributed by atoms with E-state index in [1.165, 1.54) is 12.1 Å². The number of alkyl halides is 3. The van der Waals surface area contributed by atoms with E-state index >= 15 is 0 Å². The van der Waals surface area contributed by atoms with Gasteiger partial charge in [0.25, 0.3) is 0 Å². The molecule has 2 nitrogen and oxygen atoms in total. The number of halogens is 4. The van der Waals surface area contributed by atoms with E-state index < -0.39 is 24.1 Å². The maximum Gasteiger partial charge on any atom is 0.416 e. The van der Waals surface area contributed by atoms with Crippen molar-refractivity contribution < 1.29 is 27.4 Å². The molecule has 0 radical (unpaired) electrons. The molecule has 0 spiro atoms. The molecular weight excluding hydrogens is 480 g/mol. The van der Waals surface area contributed by atoms with Crippen molar-refractivity contribution in [1.29, 1.82) is 0 Å². The average molecular weight is 509 g/mol. The molecule has 37 heavy (non-hydrogen) atoms. The Kier molecular flexibility index (Phi) is 8.41. The largest absolute Gasteiger partial charge is 0.416 e. The Morgan fingerprint density at radius 3 is 2.00 bits per heavy atom. The van der Waals surface area contributed by atoms with E-state index in [1.54, 1.807) is 60.7 Å². The molecule has 0 saturated carbocycles. The summed E-state index contributed by atoms with van der Waals surface area (Å²) in [6.45, 7) is 2.09. The van der Waals surface area contributed by atoms with Crippen LogP contribution in [0.25, 0.3) is 11.1 Å². The SMILES string of the molecule is CCCCc1ccc(-c2ccc(C(O)O[C@@H](c3ccccc3)c3ccc(C(F)(F)F)cc3)cc2)c(F)c1. The number of ether oxygens (including phenoxy) is 1. The number of unbranched alkanes of at least 4 members (excludes halogenated alkanes) is 1. The zero-order valence-electron chi connectivity index (χ0n) is 20.4. The Labute approximate surface area is 214 Å². The van der Waals surface area contributed by atoms with E-state index in [0.717, 1.165) is 37.0 Å². The first-order valence-electron chi connectivity index (χ1n) is 12.2. The van der Waals surface area contributed by atoms with Gasteiger partial charge in [-0.15, -0.1) is 0 Å². The molecule has 0 bridgehead atoms. The highest BCUT2D eigenvalue weighted by molar-refractivity contribution is 5.64. The van der Waals surface area contributed by atoms with Crippen molar-refractivity contribution in [1.82, 2.24) is 0 Å². The predicted molar refractivity (Wildman–Crippen MR) is 136 cm³/mol. The molecule has 0 fully saturated rings. The number of aryl methyl sites for hydroxylation is 1. The topological polar surface area (TPSA) is 29.5 Å². The third-order valence-corrected chi connectivity index (χ3v) is 6.27. The lowest BCUT2D eigenvalue weighted by atomic mass is 9.99. The molecule has 6 heteroatoms. The van der Waals surface area contributed by atoms with Gasteiger partial charge < -0.3 is 9.84 Å². The number of rotatable bonds is 9. The van der Waals surface area contributed by atoms with E-state index in [9.17, 15) is 22.7 Å². The molecule has 192 valence electrons. The lowest BCUT2D eigenvalue weighted by Gasteiger charge is -2.23. The van der Waals surface area contributed by atoms with E-state index in [2.05, 4.69) is 6.92 Å². The highest BCUT2D eigenvalue weighted by Gasteiger charge is 2.30. The fraction of sp³-hybridized carbons (Fsp3) is 0.226. The van der Waals surface area contributed by atoms with Crippen LogP contribution in [-0.2, 0) is 17.3 Å². The summed E-state index contributed by atoms with van der Waals surface area (Å²) in [6.07, 6.45) is -3.73. The molecule has 0 aliphatic heterocycles. The van der Waals surface area contributed by atoms with Gasteiger partial charge in [0.1, 0.15) is 11.9 Å². The monoisotopic (exact) mass is 508 g/mol. The summed E-state index contributed by atoms with van der Waals surface area (Å²) in [5.74, 6) is -0.301. The van der Waals surface area contributed by atoms with E-state index in [1.807, 2.05) is 12.1 Å². The van der Waals surface area contributed by atoms with Crippen molar-refractivity contribution in [2.45, 2.75) is 44.8 Å². The van der Waals surface area contributed by atoms with E-state index in [-0.39, 0.29) is 5.82 Å². The second-order valence-electron chi connectivity index (χ2n) is 8.94. The Hall–Kier alpha value is -3.48. The molecule has 2 atom stereocenters. The second kappa shape index (κ2) is 11.7. The lowest BCUT2D eigenvalue weighted by molar-refractivity contribution is -0.138. The number of hydrogen-bond acceptors (Lipinski definition) is 2. The minimum atomic E-state index is -4.45. The van der Waals surface area contributed by atoms with Crippen LogP contribution >= 0.6 is 0 Å². The molecule has 0 heterocycles. The maximum absolute atomic E-state index is 14.7. The molecule has 4 aromatic rings. The van der Waals surface area contributed by atoms with Crippen LogP contribution in [0.3, 0.4) is 0 Å². The lowest BCUT2D eigenvalue weighted by Crippen LogP contribution is -2.12. The molecule has 0 aliphatic rings. The molecule has 1 unspecified atom stereocenters. The van der Waals surface area contributed by atoms with Crippen molar-refractivity contribution in [2.24, 2.45) is 0 Å². The summed E-state index contributed by atoms with van der Waals surface area (Å²) in [5.41, 5.74) is 2.93. The highest BCUT2D eigenvalue weighted by atomic mass is 19.4. The Morgan fingerprint density at radius 1 is 0.784 bits per heavy atom. The van der Waals surface area contributed by atoms with Gasteiger partial charge in [0.2, 0.25) is 0 Å². The van der Waals surface area contributed by atoms with Gasteiger partial charge in [0.15, 0.2) is 6.29 Å². The number of benzene rings is 4. The van der Waals surface area contributed by atoms with Crippen LogP contribution < -0.4 is 0 Å². The molecule has 0 amide bonds. The first-order valence-corrected chi connectivity index (χ1v) is 12.2. The fourth-order valence-corrected chi connectivity index (χ4v) is 4.19. The number of hydrogen-bond donors (Lipinski definition) is 1. The molecular formula is C31H28F4O2. The summed E-state index contributed by atoms with van der Waals surface area (Å²) in [6, 6.07) is 25.6. The smallest absolute Gasteiger partial charge is 0.364 e. The Morgan fingerprint density at radius 2 is 1.41 bits per heavy atom. The number of aliphatic hydroxyl groups excluding tert-OH is 1. The molecule has 1 N–H and O–H groups in total. The average Bonchev–Trinajstić information content (AvgIpc) is 2.91. The molecule has 0 aromatic heterocycles. The van der Waals surface area contributed by atoms with Crippen molar-refractivity contribution in [2.75, 3.05) is 0 Å². The van der Waals surface area contributed by atoms with Crippen LogP contribution in [0.15, 0.2) is 97.1 Å². The van der Waals surface area contributed by atoms with E-state index in [0.29, 0.717) is 27.8 Å². The summed E-state index contributed by atoms with van der Waals surface area (Å²) >= 11 is 0. The normalized spacial score (nSPS) is 13.4. The minimum absolute atomic E-state index is 0.301. The van der Waals surface area contributed by atoms with Gasteiger partial charge >= 0.3 is 6.18 Å². The molecule has 0 aliphatic carbocycles. The van der Waals surface area contributed by atoms with Gasteiger partial charge in [-0.05, 0) is 53.3 Å². The van der Waals surface area contributed by atoms with Crippen LogP contribution in [-0.4, -0.2) is 5.11 Å². The zero-order valence-corrected chi connectivity index (χ0v) is 20.4. The van der Waals surface area contributed by atoms with Gasteiger partial charge in [-0.2, -0.15) is 13.2 Å². The molecule has 4 rings (SSSR count). The maximum atomic E-state index is 14.7. The molecule has 4 aromatic carbocycles. The van der Waals surface area contributed by atoms with Crippen LogP contribution in [0.2, 0.25) is 0 Å². The van der Waals surface area contributed by atoms with Crippen LogP contribution in [0.1, 0.15) is 60.0 Å². The summed E-state index contributed by atoms with van der Waals surface area (Å²) in [5, 5.41) is 10.9. The quantitative estimate of drug-likeness (QED) is 0.181. The molecule has 0 saturated heterocycles. The first-order chi connectivity index (χ1) is 17.8. The van der Waals surface area contributed by atoms with Crippen LogP contribution in [0.5, 0.6) is 0 Å². The summed E-state index contributed by atoms with van der Waals surface area (Å²) < 4.78 is 59.8. The van der Waals surface area contributed by atoms with Crippen molar-refractivity contribution in [3.8, 4) is 11.1 Å². The fourth-order valence-electron chi connectivity index (χ4n) is 4.19. The first kappa shape index (κ1) is 26.6. The zero-order chi connectivity index (χ0) is 26.4. The van der Waals surface area contributed by atoms with Gasteiger partial charge in [0.05, 0.1) is 5.56 Å². The Bertz CT molecular complexity index is 1280. The van der Waals surface area contributed by atoms with Crippen molar-refractivity contribution >= 4 is 0 Å². The van der Waals surface area contributed by atoms with Gasteiger partial charge in [-0.3, -0.25) is 0 Å². The van der Waals surface area contributed by atoms with Crippen molar-refractivity contribution in [3.63, 3.8) is 0 Å². The summed E-state index contributed by atoms with van der Waals surface area (Å²) in [4.78, 5) is 0. The third-order valence-electron chi connectivity index (χ3n) is 6.27. The number of aliphatic hydroxyl groups is 1. The van der Waals surface area contributed by atoms with Gasteiger partial charge in [-0.1, -0.05) is 92.2 Å². The Balaban J connectivity index is 1.54. The van der Waals surface area contributed by atoms with Gasteiger partial charge in [-0.25, -0.2) is 4.39 Å². The third kappa shape index (κ3) is 6.64. The second-order valence-corrected chi connectivity index (χ2v) is 8.94. The summed E-state index contributed by atoms with van der Waals surface area (Å²) in [7, 11) is 0. The highest BCUT2D eigenvalue weighted by Crippen LogP contribution is 2.35. The van der Waals surface area contributed by atoms with Crippen LogP contribution in [0, 0.1) is 5.82 Å². The van der Waals surface area contributed by atoms with Gasteiger partial charge in [0, 0.05) is 11.1 Å². The minimum Gasteiger partial charge on any atom is -0.364 e. The van der Waals surface area contributed by atoms with Crippen LogP contribution in [0.4, 0.5) is 17.6 Å². The standard InChI is InChI=1S/C31H28F4O2/c1-2-3-7-21-10-19-27(28(32)20-21)22-11-13-25(14-12-22)30(36)37-29(23-8-5-4-6-9-23)24-15-17-26(18-16-24)31(33,34)35/h4-6,8-20,29-30,36H,2-3,7H2,1H3/t29-,30?/m0/s1. The predicted octanol–water partition coefficient (Wildman–Crippen LogP) is 8.65.